The van der Waals surface area contributed by atoms with E-state index in [0.29, 0.717) is 37.7 Å². The maximum atomic E-state index is 12.8. The Labute approximate surface area is 179 Å². The standard InChI is InChI=1S/C21H26N4O4S/c1-21(2,3)29-20(27)24-9-6-13-14(7-10-24)25(18(26)22-13)19-23-17-12-8-11-28-15(12)4-5-16(17)30-19/h4-5,13-14H,6-11H2,1-3H3,(H,22,26)/t13-,14+/m0/s1. The zero-order valence-electron chi connectivity index (χ0n) is 17.4. The zero-order chi connectivity index (χ0) is 21.0. The Kier molecular flexibility index (Phi) is 4.53. The van der Waals surface area contributed by atoms with Gasteiger partial charge in [-0.15, -0.1) is 0 Å². The SMILES string of the molecule is CC(C)(C)OC(=O)N1CC[C@@H]2NC(=O)N(c3nc4c5c(ccc4s3)OCC5)[C@@H]2CC1. The third-order valence-electron chi connectivity index (χ3n) is 5.81. The van der Waals surface area contributed by atoms with E-state index < -0.39 is 5.60 Å². The van der Waals surface area contributed by atoms with Gasteiger partial charge in [0, 0.05) is 25.1 Å². The number of nitrogens with zero attached hydrogens (tertiary/aromatic N) is 3. The first-order valence-electron chi connectivity index (χ1n) is 10.4. The highest BCUT2D eigenvalue weighted by molar-refractivity contribution is 7.22. The first-order chi connectivity index (χ1) is 14.3. The van der Waals surface area contributed by atoms with Crippen molar-refractivity contribution in [3.8, 4) is 5.75 Å². The van der Waals surface area contributed by atoms with Gasteiger partial charge in [-0.05, 0) is 45.7 Å². The number of fused-ring (bicyclic) bond motifs is 4. The molecule has 8 nitrogen and oxygen atoms in total. The van der Waals surface area contributed by atoms with E-state index in [4.69, 9.17) is 14.5 Å². The fourth-order valence-corrected chi connectivity index (χ4v) is 5.50. The predicted molar refractivity (Wildman–Crippen MR) is 114 cm³/mol. The van der Waals surface area contributed by atoms with Gasteiger partial charge in [-0.25, -0.2) is 14.6 Å². The number of hydrogen-bond donors (Lipinski definition) is 1. The van der Waals surface area contributed by atoms with Crippen LogP contribution in [0.4, 0.5) is 14.7 Å². The van der Waals surface area contributed by atoms with E-state index in [1.54, 1.807) is 9.80 Å². The van der Waals surface area contributed by atoms with Crippen LogP contribution in [-0.2, 0) is 11.2 Å². The summed E-state index contributed by atoms with van der Waals surface area (Å²) in [6, 6.07) is 3.86. The molecule has 1 N–H and O–H groups in total. The van der Waals surface area contributed by atoms with Gasteiger partial charge in [0.1, 0.15) is 11.4 Å². The van der Waals surface area contributed by atoms with Gasteiger partial charge < -0.3 is 19.7 Å². The van der Waals surface area contributed by atoms with Crippen LogP contribution >= 0.6 is 11.3 Å². The molecule has 1 aromatic carbocycles. The van der Waals surface area contributed by atoms with Crippen LogP contribution in [-0.4, -0.2) is 59.4 Å². The molecule has 0 aliphatic carbocycles. The van der Waals surface area contributed by atoms with E-state index >= 15 is 0 Å². The molecule has 2 atom stereocenters. The molecule has 3 amide bonds. The topological polar surface area (TPSA) is 84.0 Å². The maximum absolute atomic E-state index is 12.8. The van der Waals surface area contributed by atoms with Gasteiger partial charge in [-0.1, -0.05) is 11.3 Å². The fourth-order valence-electron chi connectivity index (χ4n) is 4.44. The molecule has 2 saturated heterocycles. The minimum atomic E-state index is -0.523. The summed E-state index contributed by atoms with van der Waals surface area (Å²) >= 11 is 1.54. The van der Waals surface area contributed by atoms with Crippen molar-refractivity contribution in [3.05, 3.63) is 17.7 Å². The lowest BCUT2D eigenvalue weighted by Gasteiger charge is -2.27. The van der Waals surface area contributed by atoms with Crippen molar-refractivity contribution in [1.82, 2.24) is 15.2 Å². The van der Waals surface area contributed by atoms with Gasteiger partial charge in [-0.2, -0.15) is 0 Å². The molecule has 0 unspecified atom stereocenters. The van der Waals surface area contributed by atoms with Crippen molar-refractivity contribution in [2.75, 3.05) is 24.6 Å². The molecule has 0 saturated carbocycles. The van der Waals surface area contributed by atoms with E-state index in [-0.39, 0.29) is 24.2 Å². The van der Waals surface area contributed by atoms with Crippen LogP contribution in [0.3, 0.4) is 0 Å². The summed E-state index contributed by atoms with van der Waals surface area (Å²) in [4.78, 5) is 33.7. The minimum absolute atomic E-state index is 0.00834. The molecule has 1 aromatic heterocycles. The number of rotatable bonds is 1. The number of likely N-dealkylation sites (tertiary alicyclic amines) is 1. The van der Waals surface area contributed by atoms with Crippen LogP contribution in [0, 0.1) is 0 Å². The van der Waals surface area contributed by atoms with Crippen LogP contribution in [0.1, 0.15) is 39.2 Å². The lowest BCUT2D eigenvalue weighted by Crippen LogP contribution is -2.39. The van der Waals surface area contributed by atoms with Crippen LogP contribution in [0.2, 0.25) is 0 Å². The van der Waals surface area contributed by atoms with Crippen LogP contribution in [0.5, 0.6) is 5.75 Å². The monoisotopic (exact) mass is 430 g/mol. The number of benzene rings is 1. The summed E-state index contributed by atoms with van der Waals surface area (Å²) in [7, 11) is 0. The number of carbonyl (C=O) groups is 2. The molecule has 3 aliphatic rings. The van der Waals surface area contributed by atoms with E-state index in [1.807, 2.05) is 32.9 Å². The van der Waals surface area contributed by atoms with Crippen LogP contribution in [0.15, 0.2) is 12.1 Å². The Morgan fingerprint density at radius 2 is 2.10 bits per heavy atom. The van der Waals surface area contributed by atoms with Crippen molar-refractivity contribution in [2.45, 2.75) is 57.7 Å². The number of anilines is 1. The number of nitrogens with one attached hydrogen (secondary N) is 1. The van der Waals surface area contributed by atoms with Crippen LogP contribution < -0.4 is 15.0 Å². The molecule has 5 rings (SSSR count). The molecule has 0 spiro atoms. The highest BCUT2D eigenvalue weighted by atomic mass is 32.1. The average molecular weight is 431 g/mol. The summed E-state index contributed by atoms with van der Waals surface area (Å²) < 4.78 is 12.3. The number of ether oxygens (including phenoxy) is 2. The van der Waals surface area contributed by atoms with Gasteiger partial charge >= 0.3 is 12.1 Å². The average Bonchev–Trinajstić information content (AvgIpc) is 3.33. The third kappa shape index (κ3) is 3.34. The Bertz CT molecular complexity index is 1010. The Morgan fingerprint density at radius 3 is 2.90 bits per heavy atom. The molecular formula is C21H26N4O4S. The molecule has 2 aromatic rings. The van der Waals surface area contributed by atoms with Gasteiger partial charge in [0.25, 0.3) is 0 Å². The largest absolute Gasteiger partial charge is 0.493 e. The molecule has 3 aliphatic heterocycles. The number of amides is 3. The molecular weight excluding hydrogens is 404 g/mol. The van der Waals surface area contributed by atoms with E-state index in [1.165, 1.54) is 11.3 Å². The first-order valence-corrected chi connectivity index (χ1v) is 11.2. The van der Waals surface area contributed by atoms with Crippen molar-refractivity contribution in [1.29, 1.82) is 0 Å². The molecule has 2 fully saturated rings. The zero-order valence-corrected chi connectivity index (χ0v) is 18.3. The first kappa shape index (κ1) is 19.4. The highest BCUT2D eigenvalue weighted by Gasteiger charge is 2.43. The van der Waals surface area contributed by atoms with Gasteiger partial charge in [0.05, 0.1) is 28.9 Å². The van der Waals surface area contributed by atoms with E-state index in [2.05, 4.69) is 5.32 Å². The Balaban J connectivity index is 1.39. The number of carbonyl (C=O) groups excluding carboxylic acids is 2. The van der Waals surface area contributed by atoms with Gasteiger partial charge in [0.15, 0.2) is 5.13 Å². The molecule has 30 heavy (non-hydrogen) atoms. The predicted octanol–water partition coefficient (Wildman–Crippen LogP) is 3.53. The lowest BCUT2D eigenvalue weighted by atomic mass is 10.0. The summed E-state index contributed by atoms with van der Waals surface area (Å²) in [6.07, 6.45) is 1.93. The molecule has 0 radical (unpaired) electrons. The summed E-state index contributed by atoms with van der Waals surface area (Å²) in [5, 5.41) is 3.81. The normalized spacial score (nSPS) is 23.6. The molecule has 160 valence electrons. The summed E-state index contributed by atoms with van der Waals surface area (Å²) in [6.45, 7) is 7.40. The minimum Gasteiger partial charge on any atom is -0.493 e. The van der Waals surface area contributed by atoms with Gasteiger partial charge in [-0.3, -0.25) is 4.90 Å². The number of thiazole rings is 1. The van der Waals surface area contributed by atoms with Crippen LogP contribution in [0.25, 0.3) is 10.2 Å². The quantitative estimate of drug-likeness (QED) is 0.748. The number of urea groups is 1. The van der Waals surface area contributed by atoms with Crippen molar-refractivity contribution in [3.63, 3.8) is 0 Å². The smallest absolute Gasteiger partial charge is 0.410 e. The second-order valence-corrected chi connectivity index (χ2v) is 10.0. The fraction of sp³-hybridized carbons (Fsp3) is 0.571. The van der Waals surface area contributed by atoms with Crippen molar-refractivity contribution >= 4 is 38.8 Å². The Morgan fingerprint density at radius 1 is 1.30 bits per heavy atom. The molecule has 0 bridgehead atoms. The second kappa shape index (κ2) is 7.01. The lowest BCUT2D eigenvalue weighted by molar-refractivity contribution is 0.0255. The van der Waals surface area contributed by atoms with Gasteiger partial charge in [0.2, 0.25) is 0 Å². The highest BCUT2D eigenvalue weighted by Crippen LogP contribution is 2.39. The second-order valence-electron chi connectivity index (χ2n) is 9.02. The molecule has 9 heteroatoms. The van der Waals surface area contributed by atoms with Crippen molar-refractivity contribution < 1.29 is 19.1 Å². The van der Waals surface area contributed by atoms with Crippen molar-refractivity contribution in [2.24, 2.45) is 0 Å². The van der Waals surface area contributed by atoms with E-state index in [0.717, 1.165) is 28.0 Å². The Hall–Kier alpha value is -2.55. The third-order valence-corrected chi connectivity index (χ3v) is 6.83. The summed E-state index contributed by atoms with van der Waals surface area (Å²) in [5.41, 5.74) is 1.54. The maximum Gasteiger partial charge on any atom is 0.410 e. The molecule has 4 heterocycles. The number of hydrogen-bond acceptors (Lipinski definition) is 6. The van der Waals surface area contributed by atoms with E-state index in [9.17, 15) is 9.59 Å². The summed E-state index contributed by atoms with van der Waals surface area (Å²) in [5.74, 6) is 0.894. The number of aromatic nitrogens is 1.